The first-order valence-corrected chi connectivity index (χ1v) is 5.29. The molecule has 0 radical (unpaired) electrons. The van der Waals surface area contributed by atoms with Gasteiger partial charge in [0.2, 0.25) is 0 Å². The molecule has 2 aromatic heterocycles. The molecule has 3 aromatic rings. The summed E-state index contributed by atoms with van der Waals surface area (Å²) in [5.41, 5.74) is 0.0789. The Morgan fingerprint density at radius 3 is 2.78 bits per heavy atom. The second-order valence-corrected chi connectivity index (χ2v) is 3.81. The van der Waals surface area contributed by atoms with E-state index in [0.29, 0.717) is 27.6 Å². The van der Waals surface area contributed by atoms with Crippen LogP contribution >= 0.6 is 0 Å². The number of aromatic amines is 2. The van der Waals surface area contributed by atoms with Crippen molar-refractivity contribution in [3.8, 4) is 5.75 Å². The Morgan fingerprint density at radius 1 is 1.17 bits per heavy atom. The number of H-pyrrole nitrogens is 2. The van der Waals surface area contributed by atoms with E-state index in [1.165, 1.54) is 6.20 Å². The highest BCUT2D eigenvalue weighted by molar-refractivity contribution is 6.04. The minimum absolute atomic E-state index is 0.343. The van der Waals surface area contributed by atoms with Crippen molar-refractivity contribution in [3.05, 3.63) is 45.2 Å². The first-order chi connectivity index (χ1) is 8.70. The van der Waals surface area contributed by atoms with Gasteiger partial charge in [0.1, 0.15) is 11.3 Å². The largest absolute Gasteiger partial charge is 0.494 e. The third kappa shape index (κ3) is 1.39. The Kier molecular flexibility index (Phi) is 2.16. The van der Waals surface area contributed by atoms with Crippen LogP contribution in [0.4, 0.5) is 0 Å². The molecule has 0 saturated carbocycles. The van der Waals surface area contributed by atoms with Crippen LogP contribution in [0, 0.1) is 0 Å². The highest BCUT2D eigenvalue weighted by Crippen LogP contribution is 2.26. The Hall–Kier alpha value is -2.63. The van der Waals surface area contributed by atoms with Gasteiger partial charge in [-0.2, -0.15) is 0 Å². The number of rotatable bonds is 1. The second kappa shape index (κ2) is 3.69. The van der Waals surface area contributed by atoms with Crippen LogP contribution < -0.4 is 16.0 Å². The van der Waals surface area contributed by atoms with Crippen LogP contribution in [0.25, 0.3) is 21.8 Å². The number of nitrogens with one attached hydrogen (secondary N) is 2. The van der Waals surface area contributed by atoms with E-state index >= 15 is 0 Å². The molecule has 2 heterocycles. The summed E-state index contributed by atoms with van der Waals surface area (Å²) < 4.78 is 5.20. The van der Waals surface area contributed by atoms with Crippen LogP contribution in [0.3, 0.4) is 0 Å². The zero-order valence-electron chi connectivity index (χ0n) is 9.48. The van der Waals surface area contributed by atoms with E-state index in [-0.39, 0.29) is 0 Å². The average Bonchev–Trinajstić information content (AvgIpc) is 2.37. The van der Waals surface area contributed by atoms with Gasteiger partial charge in [-0.3, -0.25) is 14.8 Å². The molecule has 90 valence electrons. The Labute approximate surface area is 100 Å². The lowest BCUT2D eigenvalue weighted by Gasteiger charge is -2.06. The molecule has 18 heavy (non-hydrogen) atoms. The number of pyridine rings is 1. The summed E-state index contributed by atoms with van der Waals surface area (Å²) in [5, 5.41) is 1.02. The zero-order chi connectivity index (χ0) is 12.7. The molecule has 0 amide bonds. The molecule has 0 spiro atoms. The number of aromatic nitrogens is 3. The lowest BCUT2D eigenvalue weighted by atomic mass is 10.1. The van der Waals surface area contributed by atoms with Gasteiger partial charge in [-0.1, -0.05) is 12.1 Å². The molecule has 0 unspecified atom stereocenters. The van der Waals surface area contributed by atoms with Crippen LogP contribution in [0.5, 0.6) is 5.75 Å². The molecular weight excluding hydrogens is 234 g/mol. The summed E-state index contributed by atoms with van der Waals surface area (Å²) in [6.07, 6.45) is 1.43. The number of nitrogens with zero attached hydrogens (tertiary/aromatic N) is 1. The van der Waals surface area contributed by atoms with E-state index in [1.54, 1.807) is 25.3 Å². The van der Waals surface area contributed by atoms with Crippen LogP contribution in [0.2, 0.25) is 0 Å². The van der Waals surface area contributed by atoms with E-state index in [1.807, 2.05) is 0 Å². The summed E-state index contributed by atoms with van der Waals surface area (Å²) in [6, 6.07) is 5.33. The average molecular weight is 243 g/mol. The fourth-order valence-corrected chi connectivity index (χ4v) is 1.98. The Bertz CT molecular complexity index is 864. The molecule has 0 aliphatic heterocycles. The molecule has 0 aliphatic carbocycles. The van der Waals surface area contributed by atoms with E-state index < -0.39 is 11.2 Å². The molecule has 3 rings (SSSR count). The topological polar surface area (TPSA) is 87.8 Å². The summed E-state index contributed by atoms with van der Waals surface area (Å²) in [7, 11) is 1.54. The van der Waals surface area contributed by atoms with Gasteiger partial charge in [-0.05, 0) is 6.07 Å². The molecular formula is C12H9N3O3. The Morgan fingerprint density at radius 2 is 2.00 bits per heavy atom. The molecule has 2 N–H and O–H groups in total. The van der Waals surface area contributed by atoms with Gasteiger partial charge in [0.05, 0.1) is 18.0 Å². The fourth-order valence-electron chi connectivity index (χ4n) is 1.98. The van der Waals surface area contributed by atoms with Crippen molar-refractivity contribution in [1.82, 2.24) is 15.0 Å². The van der Waals surface area contributed by atoms with Gasteiger partial charge >= 0.3 is 5.69 Å². The van der Waals surface area contributed by atoms with Gasteiger partial charge in [0.15, 0.2) is 0 Å². The van der Waals surface area contributed by atoms with Crippen molar-refractivity contribution in [2.45, 2.75) is 0 Å². The summed E-state index contributed by atoms with van der Waals surface area (Å²) in [6.45, 7) is 0. The van der Waals surface area contributed by atoms with Gasteiger partial charge in [-0.25, -0.2) is 4.79 Å². The molecule has 1 aromatic carbocycles. The van der Waals surface area contributed by atoms with Crippen LogP contribution in [-0.4, -0.2) is 22.1 Å². The van der Waals surface area contributed by atoms with Crippen molar-refractivity contribution in [1.29, 1.82) is 0 Å². The molecule has 0 bridgehead atoms. The lowest BCUT2D eigenvalue weighted by Crippen LogP contribution is -2.22. The molecule has 6 nitrogen and oxygen atoms in total. The van der Waals surface area contributed by atoms with Crippen molar-refractivity contribution in [2.24, 2.45) is 0 Å². The third-order valence-corrected chi connectivity index (χ3v) is 2.79. The van der Waals surface area contributed by atoms with Crippen LogP contribution in [0.1, 0.15) is 0 Å². The molecule has 0 fully saturated rings. The smallest absolute Gasteiger partial charge is 0.326 e. The molecule has 0 aliphatic rings. The minimum atomic E-state index is -0.539. The fraction of sp³-hybridized carbons (Fsp3) is 0.0833. The first-order valence-electron chi connectivity index (χ1n) is 5.29. The number of fused-ring (bicyclic) bond motifs is 3. The first kappa shape index (κ1) is 10.5. The number of hydrogen-bond acceptors (Lipinski definition) is 4. The van der Waals surface area contributed by atoms with Gasteiger partial charge in [-0.15, -0.1) is 0 Å². The van der Waals surface area contributed by atoms with Crippen molar-refractivity contribution in [3.63, 3.8) is 0 Å². The highest BCUT2D eigenvalue weighted by atomic mass is 16.5. The maximum atomic E-state index is 11.7. The summed E-state index contributed by atoms with van der Waals surface area (Å²) in [5.74, 6) is 0.593. The van der Waals surface area contributed by atoms with E-state index in [2.05, 4.69) is 15.0 Å². The van der Waals surface area contributed by atoms with Crippen molar-refractivity contribution < 1.29 is 4.74 Å². The lowest BCUT2D eigenvalue weighted by molar-refractivity contribution is 0.419. The number of methoxy groups -OCH3 is 1. The maximum Gasteiger partial charge on any atom is 0.326 e. The number of ether oxygens (including phenoxy) is 1. The standard InChI is InChI=1S/C12H9N3O3/c1-18-8-4-2-3-6-9-7(5-13-10(6)8)11(16)15-12(17)14-9/h2-5H,1H3,(H2,14,15,16,17). The predicted molar refractivity (Wildman–Crippen MR) is 67.0 cm³/mol. The zero-order valence-corrected chi connectivity index (χ0v) is 9.48. The normalized spacial score (nSPS) is 10.9. The van der Waals surface area contributed by atoms with Crippen molar-refractivity contribution in [2.75, 3.05) is 7.11 Å². The third-order valence-electron chi connectivity index (χ3n) is 2.79. The summed E-state index contributed by atoms with van der Waals surface area (Å²) >= 11 is 0. The monoisotopic (exact) mass is 243 g/mol. The van der Waals surface area contributed by atoms with Gasteiger partial charge in [0.25, 0.3) is 5.56 Å². The molecule has 0 atom stereocenters. The second-order valence-electron chi connectivity index (χ2n) is 3.81. The number of benzene rings is 1. The predicted octanol–water partition coefficient (Wildman–Crippen LogP) is 0.773. The SMILES string of the molecule is COc1cccc2c1ncc1c(=O)[nH]c(=O)[nH]c12. The highest BCUT2D eigenvalue weighted by Gasteiger charge is 2.09. The van der Waals surface area contributed by atoms with Gasteiger partial charge in [0, 0.05) is 11.6 Å². The molecule has 0 saturated heterocycles. The van der Waals surface area contributed by atoms with Crippen LogP contribution in [-0.2, 0) is 0 Å². The molecule has 6 heteroatoms. The maximum absolute atomic E-state index is 11.7. The van der Waals surface area contributed by atoms with E-state index in [4.69, 9.17) is 4.74 Å². The van der Waals surface area contributed by atoms with Gasteiger partial charge < -0.3 is 9.72 Å². The number of para-hydroxylation sites is 1. The van der Waals surface area contributed by atoms with E-state index in [0.717, 1.165) is 0 Å². The van der Waals surface area contributed by atoms with Crippen molar-refractivity contribution >= 4 is 21.8 Å². The Balaban J connectivity index is 2.62. The quantitative estimate of drug-likeness (QED) is 0.618. The summed E-state index contributed by atoms with van der Waals surface area (Å²) in [4.78, 5) is 32.0. The van der Waals surface area contributed by atoms with E-state index in [9.17, 15) is 9.59 Å². The number of hydrogen-bond donors (Lipinski definition) is 2. The van der Waals surface area contributed by atoms with Crippen LogP contribution in [0.15, 0.2) is 34.0 Å². The minimum Gasteiger partial charge on any atom is -0.494 e.